The van der Waals surface area contributed by atoms with Crippen molar-refractivity contribution in [3.63, 3.8) is 0 Å². The number of amides is 2. The first-order chi connectivity index (χ1) is 12.3. The molecule has 2 aromatic carbocycles. The fraction of sp³-hybridized carbons (Fsp3) is 0.316. The highest BCUT2D eigenvalue weighted by Gasteiger charge is 2.16. The number of nitrogens with one attached hydrogen (secondary N) is 3. The van der Waals surface area contributed by atoms with Gasteiger partial charge in [-0.1, -0.05) is 42.5 Å². The van der Waals surface area contributed by atoms with Crippen LogP contribution < -0.4 is 15.4 Å². The van der Waals surface area contributed by atoms with E-state index in [2.05, 4.69) is 15.4 Å². The number of hydrogen-bond acceptors (Lipinski definition) is 3. The number of carbonyl (C=O) groups is 1. The van der Waals surface area contributed by atoms with Crippen LogP contribution in [0.4, 0.5) is 4.79 Å². The Balaban J connectivity index is 1.80. The van der Waals surface area contributed by atoms with E-state index in [9.17, 15) is 13.2 Å². The quantitative estimate of drug-likeness (QED) is 0.650. The molecule has 140 valence electrons. The van der Waals surface area contributed by atoms with Gasteiger partial charge in [-0.25, -0.2) is 17.9 Å². The predicted octanol–water partition coefficient (Wildman–Crippen LogP) is 2.64. The monoisotopic (exact) mass is 375 g/mol. The summed E-state index contributed by atoms with van der Waals surface area (Å²) in [4.78, 5) is 12.2. The molecule has 0 aliphatic carbocycles. The lowest BCUT2D eigenvalue weighted by Gasteiger charge is -2.15. The van der Waals surface area contributed by atoms with Gasteiger partial charge >= 0.3 is 6.03 Å². The Morgan fingerprint density at radius 3 is 2.42 bits per heavy atom. The number of urea groups is 1. The summed E-state index contributed by atoms with van der Waals surface area (Å²) < 4.78 is 27.3. The largest absolute Gasteiger partial charge is 0.337 e. The van der Waals surface area contributed by atoms with Crippen molar-refractivity contribution < 1.29 is 13.2 Å². The van der Waals surface area contributed by atoms with Crippen LogP contribution >= 0.6 is 0 Å². The second kappa shape index (κ2) is 8.82. The van der Waals surface area contributed by atoms with E-state index in [1.807, 2.05) is 50.2 Å². The minimum atomic E-state index is -3.60. The maximum absolute atomic E-state index is 12.4. The summed E-state index contributed by atoms with van der Waals surface area (Å²) in [7, 11) is -3.60. The van der Waals surface area contributed by atoms with E-state index in [1.165, 1.54) is 0 Å². The van der Waals surface area contributed by atoms with Gasteiger partial charge in [0.15, 0.2) is 0 Å². The van der Waals surface area contributed by atoms with Gasteiger partial charge < -0.3 is 10.6 Å². The number of sulfonamides is 1. The molecule has 0 bridgehead atoms. The third-order valence-corrected chi connectivity index (χ3v) is 5.59. The molecule has 2 amide bonds. The Labute approximate surface area is 155 Å². The van der Waals surface area contributed by atoms with E-state index < -0.39 is 10.0 Å². The minimum Gasteiger partial charge on any atom is -0.337 e. The number of carbonyl (C=O) groups excluding carboxylic acids is 1. The van der Waals surface area contributed by atoms with Gasteiger partial charge in [-0.2, -0.15) is 0 Å². The van der Waals surface area contributed by atoms with Gasteiger partial charge in [-0.15, -0.1) is 0 Å². The first kappa shape index (κ1) is 19.9. The third kappa shape index (κ3) is 5.57. The van der Waals surface area contributed by atoms with Crippen molar-refractivity contribution >= 4 is 16.1 Å². The molecule has 0 unspecified atom stereocenters. The molecule has 0 fully saturated rings. The number of benzene rings is 2. The van der Waals surface area contributed by atoms with Crippen molar-refractivity contribution in [2.45, 2.75) is 31.7 Å². The molecule has 2 aromatic rings. The Bertz CT molecular complexity index is 852. The average Bonchev–Trinajstić information content (AvgIpc) is 2.61. The highest BCUT2D eigenvalue weighted by atomic mass is 32.2. The van der Waals surface area contributed by atoms with Crippen molar-refractivity contribution in [2.24, 2.45) is 0 Å². The summed E-state index contributed by atoms with van der Waals surface area (Å²) in [6, 6.07) is 14.4. The van der Waals surface area contributed by atoms with Gasteiger partial charge in [0.05, 0.1) is 10.9 Å². The second-order valence-corrected chi connectivity index (χ2v) is 7.93. The Morgan fingerprint density at radius 1 is 1.04 bits per heavy atom. The lowest BCUT2D eigenvalue weighted by Crippen LogP contribution is -2.41. The lowest BCUT2D eigenvalue weighted by atomic mass is 10.1. The lowest BCUT2D eigenvalue weighted by molar-refractivity contribution is 0.238. The fourth-order valence-corrected chi connectivity index (χ4v) is 3.87. The van der Waals surface area contributed by atoms with Gasteiger partial charge in [0.25, 0.3) is 0 Å². The molecule has 0 heterocycles. The van der Waals surface area contributed by atoms with Crippen LogP contribution in [0.3, 0.4) is 0 Å². The topological polar surface area (TPSA) is 87.3 Å². The molecule has 0 spiro atoms. The molecular formula is C19H25N3O3S. The molecule has 2 rings (SSSR count). The maximum atomic E-state index is 12.4. The second-order valence-electron chi connectivity index (χ2n) is 6.20. The summed E-state index contributed by atoms with van der Waals surface area (Å²) in [5.41, 5.74) is 2.56. The molecule has 3 N–H and O–H groups in total. The first-order valence-corrected chi connectivity index (χ1v) is 9.94. The Morgan fingerprint density at radius 2 is 1.73 bits per heavy atom. The summed E-state index contributed by atoms with van der Waals surface area (Å²) in [6.45, 7) is 5.79. The smallest absolute Gasteiger partial charge is 0.315 e. The van der Waals surface area contributed by atoms with E-state index in [-0.39, 0.29) is 30.1 Å². The van der Waals surface area contributed by atoms with Gasteiger partial charge in [-0.3, -0.25) is 0 Å². The van der Waals surface area contributed by atoms with Crippen molar-refractivity contribution in [1.29, 1.82) is 0 Å². The predicted molar refractivity (Wildman–Crippen MR) is 102 cm³/mol. The molecule has 0 saturated heterocycles. The van der Waals surface area contributed by atoms with Gasteiger partial charge in [0.2, 0.25) is 10.0 Å². The number of aryl methyl sites for hydroxylation is 2. The van der Waals surface area contributed by atoms with Crippen LogP contribution in [0.2, 0.25) is 0 Å². The summed E-state index contributed by atoms with van der Waals surface area (Å²) in [5.74, 6) is 0. The Kier molecular flexibility index (Phi) is 6.76. The SMILES string of the molecule is Cc1ccc(C)c(S(=O)(=O)NCCNC(=O)N[C@H](C)c2ccccc2)c1. The zero-order valence-electron chi connectivity index (χ0n) is 15.2. The molecule has 0 aromatic heterocycles. The molecular weight excluding hydrogens is 350 g/mol. The molecule has 26 heavy (non-hydrogen) atoms. The van der Waals surface area contributed by atoms with Crippen LogP contribution in [0, 0.1) is 13.8 Å². The summed E-state index contributed by atoms with van der Waals surface area (Å²) in [5, 5.41) is 5.47. The van der Waals surface area contributed by atoms with Gasteiger partial charge in [0, 0.05) is 13.1 Å². The van der Waals surface area contributed by atoms with Crippen LogP contribution in [0.25, 0.3) is 0 Å². The molecule has 0 aliphatic heterocycles. The fourth-order valence-electron chi connectivity index (χ4n) is 2.51. The molecule has 7 heteroatoms. The third-order valence-electron chi connectivity index (χ3n) is 3.98. The number of hydrogen-bond donors (Lipinski definition) is 3. The standard InChI is InChI=1S/C19H25N3O3S/c1-14-9-10-15(2)18(13-14)26(24,25)21-12-11-20-19(23)22-16(3)17-7-5-4-6-8-17/h4-10,13,16,21H,11-12H2,1-3H3,(H2,20,22,23)/t16-/m1/s1. The van der Waals surface area contributed by atoms with E-state index in [0.29, 0.717) is 5.56 Å². The maximum Gasteiger partial charge on any atom is 0.315 e. The van der Waals surface area contributed by atoms with E-state index in [4.69, 9.17) is 0 Å². The highest BCUT2D eigenvalue weighted by molar-refractivity contribution is 7.89. The van der Waals surface area contributed by atoms with E-state index in [1.54, 1.807) is 19.1 Å². The van der Waals surface area contributed by atoms with Crippen molar-refractivity contribution in [3.05, 3.63) is 65.2 Å². The molecule has 0 radical (unpaired) electrons. The van der Waals surface area contributed by atoms with Crippen molar-refractivity contribution in [2.75, 3.05) is 13.1 Å². The van der Waals surface area contributed by atoms with Crippen molar-refractivity contribution in [3.8, 4) is 0 Å². The normalized spacial score (nSPS) is 12.4. The van der Waals surface area contributed by atoms with Crippen LogP contribution in [0.15, 0.2) is 53.4 Å². The van der Waals surface area contributed by atoms with Gasteiger partial charge in [0.1, 0.15) is 0 Å². The zero-order valence-corrected chi connectivity index (χ0v) is 16.1. The summed E-state index contributed by atoms with van der Waals surface area (Å²) in [6.07, 6.45) is 0. The van der Waals surface area contributed by atoms with Crippen LogP contribution in [0.5, 0.6) is 0 Å². The van der Waals surface area contributed by atoms with E-state index >= 15 is 0 Å². The highest BCUT2D eigenvalue weighted by Crippen LogP contribution is 2.16. The van der Waals surface area contributed by atoms with Crippen molar-refractivity contribution in [1.82, 2.24) is 15.4 Å². The average molecular weight is 375 g/mol. The van der Waals surface area contributed by atoms with Crippen LogP contribution in [0.1, 0.15) is 29.7 Å². The zero-order chi connectivity index (χ0) is 19.2. The molecule has 6 nitrogen and oxygen atoms in total. The van der Waals surface area contributed by atoms with Gasteiger partial charge in [-0.05, 0) is 43.5 Å². The minimum absolute atomic E-state index is 0.114. The molecule has 1 atom stereocenters. The number of rotatable bonds is 7. The van der Waals surface area contributed by atoms with Crippen LogP contribution in [-0.4, -0.2) is 27.5 Å². The molecule has 0 aliphatic rings. The van der Waals surface area contributed by atoms with E-state index in [0.717, 1.165) is 11.1 Å². The Hall–Kier alpha value is -2.38. The summed E-state index contributed by atoms with van der Waals surface area (Å²) >= 11 is 0. The first-order valence-electron chi connectivity index (χ1n) is 8.46. The molecule has 0 saturated carbocycles. The van der Waals surface area contributed by atoms with Crippen LogP contribution in [-0.2, 0) is 10.0 Å².